The zero-order valence-corrected chi connectivity index (χ0v) is 17.3. The van der Waals surface area contributed by atoms with Gasteiger partial charge < -0.3 is 24.6 Å². The molecule has 0 saturated heterocycles. The van der Waals surface area contributed by atoms with Crippen molar-refractivity contribution in [1.82, 2.24) is 5.32 Å². The van der Waals surface area contributed by atoms with Crippen molar-refractivity contribution in [3.63, 3.8) is 0 Å². The molecule has 1 unspecified atom stereocenters. The van der Waals surface area contributed by atoms with Gasteiger partial charge in [0, 0.05) is 17.6 Å². The number of aliphatic hydroxyl groups excluding tert-OH is 1. The van der Waals surface area contributed by atoms with E-state index in [1.165, 1.54) is 0 Å². The predicted octanol–water partition coefficient (Wildman–Crippen LogP) is 3.30. The van der Waals surface area contributed by atoms with E-state index in [0.717, 1.165) is 17.5 Å². The number of benzene rings is 2. The Labute approximate surface area is 175 Å². The molecule has 0 aliphatic carbocycles. The summed E-state index contributed by atoms with van der Waals surface area (Å²) in [6, 6.07) is 13.0. The number of rotatable bonds is 8. The van der Waals surface area contributed by atoms with Gasteiger partial charge in [0.1, 0.15) is 6.61 Å². The van der Waals surface area contributed by atoms with Gasteiger partial charge in [-0.25, -0.2) is 4.79 Å². The molecule has 0 bridgehead atoms. The number of esters is 1. The highest BCUT2D eigenvalue weighted by atomic mass is 35.5. The van der Waals surface area contributed by atoms with Crippen LogP contribution in [0, 0.1) is 0 Å². The number of fused-ring (bicyclic) bond motifs is 1. The van der Waals surface area contributed by atoms with Crippen molar-refractivity contribution in [2.75, 3.05) is 19.8 Å². The first-order valence-electron chi connectivity index (χ1n) is 9.72. The third kappa shape index (κ3) is 5.85. The van der Waals surface area contributed by atoms with Gasteiger partial charge in [-0.1, -0.05) is 29.8 Å². The molecular weight excluding hydrogens is 394 g/mol. The van der Waals surface area contributed by atoms with Crippen LogP contribution < -0.4 is 14.8 Å². The smallest absolute Gasteiger partial charge is 0.350 e. The number of hydrogen-bond acceptors (Lipinski definition) is 6. The first-order valence-corrected chi connectivity index (χ1v) is 10.1. The summed E-state index contributed by atoms with van der Waals surface area (Å²) in [5.74, 6) is 0.738. The first kappa shape index (κ1) is 21.4. The van der Waals surface area contributed by atoms with Crippen LogP contribution in [0.15, 0.2) is 42.5 Å². The Balaban J connectivity index is 1.52. The molecule has 3 rings (SSSR count). The van der Waals surface area contributed by atoms with E-state index in [-0.39, 0.29) is 12.6 Å². The molecule has 2 aromatic rings. The summed E-state index contributed by atoms with van der Waals surface area (Å²) in [7, 11) is 0. The Morgan fingerprint density at radius 1 is 1.31 bits per heavy atom. The number of carbonyl (C=O) groups excluding carboxylic acids is 1. The van der Waals surface area contributed by atoms with Crippen molar-refractivity contribution >= 4 is 17.6 Å². The third-order valence-corrected chi connectivity index (χ3v) is 4.89. The monoisotopic (exact) mass is 419 g/mol. The van der Waals surface area contributed by atoms with Gasteiger partial charge in [-0.15, -0.1) is 0 Å². The van der Waals surface area contributed by atoms with Crippen LogP contribution in [0.5, 0.6) is 11.5 Å². The predicted molar refractivity (Wildman–Crippen MR) is 111 cm³/mol. The first-order chi connectivity index (χ1) is 14.0. The Kier molecular flexibility index (Phi) is 7.36. The zero-order chi connectivity index (χ0) is 20.8. The third-order valence-electron chi connectivity index (χ3n) is 4.65. The van der Waals surface area contributed by atoms with Crippen LogP contribution in [-0.4, -0.2) is 43.0 Å². The second-order valence-electron chi connectivity index (χ2n) is 7.03. The van der Waals surface area contributed by atoms with E-state index >= 15 is 0 Å². The lowest BCUT2D eigenvalue weighted by Gasteiger charge is -2.25. The zero-order valence-electron chi connectivity index (χ0n) is 16.6. The Bertz CT molecular complexity index is 844. The molecule has 1 aliphatic rings. The topological polar surface area (TPSA) is 77.0 Å². The van der Waals surface area contributed by atoms with Crippen molar-refractivity contribution in [3.8, 4) is 11.5 Å². The highest BCUT2D eigenvalue weighted by Gasteiger charge is 2.28. The highest BCUT2D eigenvalue weighted by Crippen LogP contribution is 2.33. The molecule has 0 saturated carbocycles. The fourth-order valence-electron chi connectivity index (χ4n) is 3.16. The average molecular weight is 420 g/mol. The molecule has 0 spiro atoms. The maximum absolute atomic E-state index is 11.8. The van der Waals surface area contributed by atoms with E-state index in [2.05, 4.69) is 12.2 Å². The van der Waals surface area contributed by atoms with Gasteiger partial charge >= 0.3 is 5.97 Å². The van der Waals surface area contributed by atoms with E-state index in [1.54, 1.807) is 19.1 Å². The standard InChI is InChI=1S/C22H26ClNO5/c1-3-27-22(26)21-13-28-20-10-15(7-8-19(20)29-21)9-14(2)24-12-18(25)16-5-4-6-17(23)11-16/h4-8,10-11,14,18,21,24-25H,3,9,12-13H2,1-2H3/t14-,18-,21?/m1/s1. The van der Waals surface area contributed by atoms with E-state index in [1.807, 2.05) is 30.3 Å². The number of aliphatic hydroxyl groups is 1. The van der Waals surface area contributed by atoms with Crippen molar-refractivity contribution < 1.29 is 24.1 Å². The van der Waals surface area contributed by atoms with E-state index in [4.69, 9.17) is 25.8 Å². The molecule has 0 radical (unpaired) electrons. The van der Waals surface area contributed by atoms with Crippen molar-refractivity contribution in [2.24, 2.45) is 0 Å². The molecule has 0 fully saturated rings. The summed E-state index contributed by atoms with van der Waals surface area (Å²) in [5.41, 5.74) is 1.85. The fourth-order valence-corrected chi connectivity index (χ4v) is 3.36. The fraction of sp³-hybridized carbons (Fsp3) is 0.409. The lowest BCUT2D eigenvalue weighted by atomic mass is 10.0. The molecule has 0 amide bonds. The summed E-state index contributed by atoms with van der Waals surface area (Å²) in [5, 5.41) is 14.3. The molecule has 0 aromatic heterocycles. The lowest BCUT2D eigenvalue weighted by molar-refractivity contribution is -0.153. The number of nitrogens with one attached hydrogen (secondary N) is 1. The van der Waals surface area contributed by atoms with E-state index < -0.39 is 18.2 Å². The largest absolute Gasteiger partial charge is 0.485 e. The normalized spacial score (nSPS) is 17.4. The molecule has 156 valence electrons. The summed E-state index contributed by atoms with van der Waals surface area (Å²) in [6.45, 7) is 4.67. The van der Waals surface area contributed by atoms with Crippen molar-refractivity contribution in [2.45, 2.75) is 38.5 Å². The Hall–Kier alpha value is -2.28. The minimum Gasteiger partial charge on any atom is -0.485 e. The molecular formula is C22H26ClNO5. The van der Waals surface area contributed by atoms with Gasteiger partial charge in [-0.05, 0) is 55.7 Å². The van der Waals surface area contributed by atoms with Crippen LogP contribution in [0.3, 0.4) is 0 Å². The Morgan fingerprint density at radius 3 is 2.90 bits per heavy atom. The summed E-state index contributed by atoms with van der Waals surface area (Å²) in [4.78, 5) is 11.8. The number of halogens is 1. The van der Waals surface area contributed by atoms with Gasteiger partial charge in [-0.2, -0.15) is 0 Å². The number of ether oxygens (including phenoxy) is 3. The molecule has 1 aliphatic heterocycles. The molecule has 6 nitrogen and oxygen atoms in total. The summed E-state index contributed by atoms with van der Waals surface area (Å²) >= 11 is 5.98. The average Bonchev–Trinajstić information content (AvgIpc) is 2.71. The molecule has 7 heteroatoms. The van der Waals surface area contributed by atoms with Crippen LogP contribution in [-0.2, 0) is 16.0 Å². The molecule has 1 heterocycles. The number of hydrogen-bond donors (Lipinski definition) is 2. The van der Waals surface area contributed by atoms with Crippen LogP contribution in [0.25, 0.3) is 0 Å². The van der Waals surface area contributed by atoms with Gasteiger partial charge in [-0.3, -0.25) is 0 Å². The summed E-state index contributed by atoms with van der Waals surface area (Å²) < 4.78 is 16.4. The SMILES string of the molecule is CCOC(=O)C1COc2cc(C[C@@H](C)NC[C@@H](O)c3cccc(Cl)c3)ccc2O1. The minimum absolute atomic E-state index is 0.134. The van der Waals surface area contributed by atoms with Gasteiger partial charge in [0.2, 0.25) is 6.10 Å². The number of carbonyl (C=O) groups is 1. The van der Waals surface area contributed by atoms with E-state index in [0.29, 0.717) is 29.7 Å². The Morgan fingerprint density at radius 2 is 2.14 bits per heavy atom. The van der Waals surface area contributed by atoms with Crippen molar-refractivity contribution in [3.05, 3.63) is 58.6 Å². The molecule has 3 atom stereocenters. The second-order valence-corrected chi connectivity index (χ2v) is 7.47. The molecule has 2 N–H and O–H groups in total. The van der Waals surface area contributed by atoms with Crippen LogP contribution >= 0.6 is 11.6 Å². The summed E-state index contributed by atoms with van der Waals surface area (Å²) in [6.07, 6.45) is -0.613. The lowest BCUT2D eigenvalue weighted by Crippen LogP contribution is -2.38. The van der Waals surface area contributed by atoms with Crippen molar-refractivity contribution in [1.29, 1.82) is 0 Å². The quantitative estimate of drug-likeness (QED) is 0.639. The van der Waals surface area contributed by atoms with Gasteiger partial charge in [0.25, 0.3) is 0 Å². The minimum atomic E-state index is -0.734. The molecule has 2 aromatic carbocycles. The second kappa shape index (κ2) is 9.96. The van der Waals surface area contributed by atoms with Gasteiger partial charge in [0.05, 0.1) is 12.7 Å². The molecule has 29 heavy (non-hydrogen) atoms. The van der Waals surface area contributed by atoms with Gasteiger partial charge in [0.15, 0.2) is 11.5 Å². The van der Waals surface area contributed by atoms with Crippen LogP contribution in [0.2, 0.25) is 5.02 Å². The van der Waals surface area contributed by atoms with Crippen LogP contribution in [0.4, 0.5) is 0 Å². The highest BCUT2D eigenvalue weighted by molar-refractivity contribution is 6.30. The maximum atomic E-state index is 11.8. The van der Waals surface area contributed by atoms with E-state index in [9.17, 15) is 9.90 Å². The van der Waals surface area contributed by atoms with Crippen LogP contribution in [0.1, 0.15) is 31.1 Å². The maximum Gasteiger partial charge on any atom is 0.350 e.